The lowest BCUT2D eigenvalue weighted by Crippen LogP contribution is -2.26. The van der Waals surface area contributed by atoms with Gasteiger partial charge in [0, 0.05) is 23.7 Å². The number of benzene rings is 1. The Bertz CT molecular complexity index is 303. The molecule has 0 bridgehead atoms. The van der Waals surface area contributed by atoms with Gasteiger partial charge in [-0.2, -0.15) is 0 Å². The van der Waals surface area contributed by atoms with Crippen molar-refractivity contribution in [3.05, 3.63) is 34.3 Å². The van der Waals surface area contributed by atoms with Crippen LogP contribution in [0.15, 0.2) is 28.7 Å². The van der Waals surface area contributed by atoms with E-state index in [1.807, 2.05) is 25.1 Å². The second-order valence-corrected chi connectivity index (χ2v) is 4.79. The van der Waals surface area contributed by atoms with Crippen LogP contribution >= 0.6 is 15.9 Å². The summed E-state index contributed by atoms with van der Waals surface area (Å²) in [5.74, 6) is 0.301. The van der Waals surface area contributed by atoms with Crippen molar-refractivity contribution in [1.29, 1.82) is 0 Å². The molecule has 2 N–H and O–H groups in total. The number of rotatable bonds is 5. The van der Waals surface area contributed by atoms with Crippen LogP contribution in [0, 0.1) is 5.92 Å². The summed E-state index contributed by atoms with van der Waals surface area (Å²) in [5.41, 5.74) is 1.25. The number of hydrogen-bond acceptors (Lipinski definition) is 2. The van der Waals surface area contributed by atoms with Gasteiger partial charge < -0.3 is 10.4 Å². The first-order valence-electron chi connectivity index (χ1n) is 5.23. The van der Waals surface area contributed by atoms with E-state index in [9.17, 15) is 0 Å². The molecule has 1 unspecified atom stereocenters. The Balaban J connectivity index is 2.54. The van der Waals surface area contributed by atoms with Crippen LogP contribution in [-0.4, -0.2) is 18.3 Å². The SMILES string of the molecule is CC(CO)CN[C@H](C)c1ccccc1Br. The van der Waals surface area contributed by atoms with Crippen LogP contribution in [0.2, 0.25) is 0 Å². The van der Waals surface area contributed by atoms with Gasteiger partial charge in [0.1, 0.15) is 0 Å². The molecule has 0 spiro atoms. The van der Waals surface area contributed by atoms with Crippen LogP contribution in [-0.2, 0) is 0 Å². The molecule has 0 aliphatic rings. The van der Waals surface area contributed by atoms with Gasteiger partial charge in [0.2, 0.25) is 0 Å². The molecule has 0 amide bonds. The van der Waals surface area contributed by atoms with E-state index < -0.39 is 0 Å². The zero-order chi connectivity index (χ0) is 11.3. The summed E-state index contributed by atoms with van der Waals surface area (Å²) in [5, 5.41) is 12.3. The van der Waals surface area contributed by atoms with Gasteiger partial charge in [-0.15, -0.1) is 0 Å². The molecule has 84 valence electrons. The minimum atomic E-state index is 0.232. The summed E-state index contributed by atoms with van der Waals surface area (Å²) in [6.45, 7) is 5.22. The van der Waals surface area contributed by atoms with Crippen molar-refractivity contribution in [3.8, 4) is 0 Å². The van der Waals surface area contributed by atoms with Crippen LogP contribution in [0.25, 0.3) is 0 Å². The van der Waals surface area contributed by atoms with E-state index in [1.165, 1.54) is 5.56 Å². The van der Waals surface area contributed by atoms with E-state index in [4.69, 9.17) is 5.11 Å². The minimum Gasteiger partial charge on any atom is -0.396 e. The molecular weight excluding hydrogens is 254 g/mol. The molecule has 3 heteroatoms. The smallest absolute Gasteiger partial charge is 0.0468 e. The third-order valence-corrected chi connectivity index (χ3v) is 3.18. The highest BCUT2D eigenvalue weighted by atomic mass is 79.9. The molecule has 0 radical (unpaired) electrons. The number of aliphatic hydroxyl groups excluding tert-OH is 1. The van der Waals surface area contributed by atoms with Crippen molar-refractivity contribution < 1.29 is 5.11 Å². The topological polar surface area (TPSA) is 32.3 Å². The first-order chi connectivity index (χ1) is 7.15. The van der Waals surface area contributed by atoms with Gasteiger partial charge in [-0.1, -0.05) is 41.1 Å². The first kappa shape index (κ1) is 12.7. The lowest BCUT2D eigenvalue weighted by Gasteiger charge is -2.17. The molecule has 1 aromatic rings. The number of hydrogen-bond donors (Lipinski definition) is 2. The lowest BCUT2D eigenvalue weighted by molar-refractivity contribution is 0.231. The molecule has 1 rings (SSSR count). The summed E-state index contributed by atoms with van der Waals surface area (Å²) in [6.07, 6.45) is 0. The maximum absolute atomic E-state index is 8.92. The maximum atomic E-state index is 8.92. The van der Waals surface area contributed by atoms with Crippen LogP contribution in [0.5, 0.6) is 0 Å². The fourth-order valence-corrected chi connectivity index (χ4v) is 2.01. The summed E-state index contributed by atoms with van der Waals surface area (Å²) in [4.78, 5) is 0. The average molecular weight is 272 g/mol. The molecular formula is C12H18BrNO. The van der Waals surface area contributed by atoms with Gasteiger partial charge in [-0.3, -0.25) is 0 Å². The number of nitrogens with one attached hydrogen (secondary N) is 1. The fourth-order valence-electron chi connectivity index (χ4n) is 1.38. The molecule has 0 heterocycles. The predicted molar refractivity (Wildman–Crippen MR) is 66.8 cm³/mol. The van der Waals surface area contributed by atoms with Crippen molar-refractivity contribution in [2.24, 2.45) is 5.92 Å². The molecule has 1 aromatic carbocycles. The maximum Gasteiger partial charge on any atom is 0.0468 e. The highest BCUT2D eigenvalue weighted by Crippen LogP contribution is 2.22. The molecule has 2 nitrogen and oxygen atoms in total. The molecule has 0 saturated carbocycles. The molecule has 15 heavy (non-hydrogen) atoms. The lowest BCUT2D eigenvalue weighted by atomic mass is 10.1. The van der Waals surface area contributed by atoms with Crippen LogP contribution in [0.4, 0.5) is 0 Å². The summed E-state index contributed by atoms with van der Waals surface area (Å²) < 4.78 is 1.13. The van der Waals surface area contributed by atoms with E-state index in [0.717, 1.165) is 11.0 Å². The van der Waals surface area contributed by atoms with Crippen molar-refractivity contribution in [2.45, 2.75) is 19.9 Å². The fraction of sp³-hybridized carbons (Fsp3) is 0.500. The van der Waals surface area contributed by atoms with E-state index in [-0.39, 0.29) is 6.61 Å². The van der Waals surface area contributed by atoms with Gasteiger partial charge >= 0.3 is 0 Å². The highest BCUT2D eigenvalue weighted by Gasteiger charge is 2.09. The second kappa shape index (κ2) is 6.26. The molecule has 2 atom stereocenters. The quantitative estimate of drug-likeness (QED) is 0.863. The molecule has 0 fully saturated rings. The van der Waals surface area contributed by atoms with Gasteiger partial charge in [-0.05, 0) is 24.5 Å². The monoisotopic (exact) mass is 271 g/mol. The average Bonchev–Trinajstić information content (AvgIpc) is 2.26. The van der Waals surface area contributed by atoms with Gasteiger partial charge in [0.05, 0.1) is 0 Å². The zero-order valence-corrected chi connectivity index (χ0v) is 10.8. The van der Waals surface area contributed by atoms with E-state index in [0.29, 0.717) is 12.0 Å². The Hall–Kier alpha value is -0.380. The second-order valence-electron chi connectivity index (χ2n) is 3.94. The van der Waals surface area contributed by atoms with E-state index >= 15 is 0 Å². The van der Waals surface area contributed by atoms with E-state index in [1.54, 1.807) is 0 Å². The van der Waals surface area contributed by atoms with Gasteiger partial charge in [0.25, 0.3) is 0 Å². The Morgan fingerprint density at radius 2 is 2.00 bits per heavy atom. The normalized spacial score (nSPS) is 14.9. The van der Waals surface area contributed by atoms with Crippen molar-refractivity contribution in [2.75, 3.05) is 13.2 Å². The number of halogens is 1. The van der Waals surface area contributed by atoms with Crippen molar-refractivity contribution in [3.63, 3.8) is 0 Å². The standard InChI is InChI=1S/C12H18BrNO/c1-9(8-15)7-14-10(2)11-5-3-4-6-12(11)13/h3-6,9-10,14-15H,7-8H2,1-2H3/t9?,10-/m1/s1. The summed E-state index contributed by atoms with van der Waals surface area (Å²) >= 11 is 3.53. The van der Waals surface area contributed by atoms with Crippen LogP contribution in [0.3, 0.4) is 0 Å². The predicted octanol–water partition coefficient (Wildman–Crippen LogP) is 2.73. The molecule has 0 aromatic heterocycles. The van der Waals surface area contributed by atoms with Crippen LogP contribution < -0.4 is 5.32 Å². The Kier molecular flexibility index (Phi) is 5.29. The van der Waals surface area contributed by atoms with E-state index in [2.05, 4.69) is 34.2 Å². The zero-order valence-electron chi connectivity index (χ0n) is 9.20. The largest absolute Gasteiger partial charge is 0.396 e. The molecule has 0 saturated heterocycles. The Morgan fingerprint density at radius 3 is 2.60 bits per heavy atom. The van der Waals surface area contributed by atoms with Crippen molar-refractivity contribution in [1.82, 2.24) is 5.32 Å². The molecule has 0 aliphatic heterocycles. The Morgan fingerprint density at radius 1 is 1.33 bits per heavy atom. The summed E-state index contributed by atoms with van der Waals surface area (Å²) in [7, 11) is 0. The third-order valence-electron chi connectivity index (χ3n) is 2.46. The first-order valence-corrected chi connectivity index (χ1v) is 6.03. The van der Waals surface area contributed by atoms with Crippen molar-refractivity contribution >= 4 is 15.9 Å². The minimum absolute atomic E-state index is 0.232. The number of aliphatic hydroxyl groups is 1. The molecule has 0 aliphatic carbocycles. The van der Waals surface area contributed by atoms with Gasteiger partial charge in [0.15, 0.2) is 0 Å². The third kappa shape index (κ3) is 3.93. The Labute approximate surface area is 99.8 Å². The highest BCUT2D eigenvalue weighted by molar-refractivity contribution is 9.10. The van der Waals surface area contributed by atoms with Crippen LogP contribution in [0.1, 0.15) is 25.5 Å². The van der Waals surface area contributed by atoms with Gasteiger partial charge in [-0.25, -0.2) is 0 Å². The summed E-state index contributed by atoms with van der Waals surface area (Å²) in [6, 6.07) is 8.49.